The molecule has 0 aliphatic carbocycles. The first kappa shape index (κ1) is 19.9. The molecular formula is C21H21F2N3OS. The number of benzene rings is 2. The smallest absolute Gasteiger partial charge is 0.255 e. The molecule has 146 valence electrons. The first-order valence-electron chi connectivity index (χ1n) is 8.91. The maximum absolute atomic E-state index is 14.4. The summed E-state index contributed by atoms with van der Waals surface area (Å²) in [7, 11) is 0. The molecule has 0 radical (unpaired) electrons. The van der Waals surface area contributed by atoms with E-state index in [1.165, 1.54) is 6.07 Å². The highest BCUT2D eigenvalue weighted by Crippen LogP contribution is 2.31. The average molecular weight is 401 g/mol. The van der Waals surface area contributed by atoms with Crippen molar-refractivity contribution in [3.05, 3.63) is 76.5 Å². The normalized spacial score (nSPS) is 16.6. The third-order valence-corrected chi connectivity index (χ3v) is 4.84. The van der Waals surface area contributed by atoms with Gasteiger partial charge in [0.05, 0.1) is 11.6 Å². The molecule has 1 aliphatic heterocycles. The lowest BCUT2D eigenvalue weighted by atomic mass is 9.94. The van der Waals surface area contributed by atoms with Gasteiger partial charge in [-0.25, -0.2) is 8.78 Å². The molecule has 3 rings (SSSR count). The lowest BCUT2D eigenvalue weighted by Crippen LogP contribution is -2.46. The number of hydrogen-bond acceptors (Lipinski definition) is 2. The molecule has 1 atom stereocenters. The second-order valence-corrected chi connectivity index (χ2v) is 7.34. The first-order chi connectivity index (χ1) is 13.3. The number of anilines is 1. The summed E-state index contributed by atoms with van der Waals surface area (Å²) in [6, 6.07) is 9.96. The van der Waals surface area contributed by atoms with Gasteiger partial charge in [0.1, 0.15) is 11.6 Å². The van der Waals surface area contributed by atoms with Gasteiger partial charge >= 0.3 is 0 Å². The fourth-order valence-electron chi connectivity index (χ4n) is 3.27. The predicted octanol–water partition coefficient (Wildman–Crippen LogP) is 4.52. The molecule has 1 aliphatic rings. The van der Waals surface area contributed by atoms with Gasteiger partial charge in [-0.3, -0.25) is 4.79 Å². The molecule has 0 bridgehead atoms. The number of allylic oxidation sites excluding steroid dienone is 1. The number of para-hydroxylation sites is 1. The van der Waals surface area contributed by atoms with Crippen molar-refractivity contribution in [2.75, 3.05) is 5.32 Å². The van der Waals surface area contributed by atoms with Gasteiger partial charge in [-0.2, -0.15) is 0 Å². The van der Waals surface area contributed by atoms with Crippen LogP contribution in [-0.2, 0) is 4.79 Å². The van der Waals surface area contributed by atoms with Crippen LogP contribution in [0.3, 0.4) is 0 Å². The SMILES string of the molecule is CC1=C(C(=O)Nc2ccccc2C(C)C)[C@@H](c2ccc(F)cc2F)NC(=S)N1. The minimum atomic E-state index is -0.833. The van der Waals surface area contributed by atoms with Crippen LogP contribution in [0.15, 0.2) is 53.7 Å². The van der Waals surface area contributed by atoms with Crippen LogP contribution in [0.1, 0.15) is 43.9 Å². The van der Waals surface area contributed by atoms with Crippen LogP contribution in [0.2, 0.25) is 0 Å². The monoisotopic (exact) mass is 401 g/mol. The number of halogens is 2. The number of thiocarbonyl (C=S) groups is 1. The lowest BCUT2D eigenvalue weighted by Gasteiger charge is -2.30. The minimum Gasteiger partial charge on any atom is -0.351 e. The van der Waals surface area contributed by atoms with Crippen molar-refractivity contribution in [3.63, 3.8) is 0 Å². The van der Waals surface area contributed by atoms with Gasteiger partial charge in [0.15, 0.2) is 5.11 Å². The Labute approximate surface area is 168 Å². The van der Waals surface area contributed by atoms with E-state index in [1.54, 1.807) is 6.92 Å². The Hall–Kier alpha value is -2.80. The standard InChI is InChI=1S/C21H21F2N3OS/c1-11(2)14-6-4-5-7-17(14)25-20(27)18-12(3)24-21(28)26-19(18)15-9-8-13(22)10-16(15)23/h4-11,19H,1-3H3,(H,25,27)(H2,24,26,28)/t19-/m1/s1. The summed E-state index contributed by atoms with van der Waals surface area (Å²) in [4.78, 5) is 13.1. The Balaban J connectivity index is 2.00. The van der Waals surface area contributed by atoms with E-state index in [2.05, 4.69) is 16.0 Å². The maximum atomic E-state index is 14.4. The van der Waals surface area contributed by atoms with E-state index in [0.29, 0.717) is 11.4 Å². The first-order valence-corrected chi connectivity index (χ1v) is 9.32. The molecule has 4 nitrogen and oxygen atoms in total. The Bertz CT molecular complexity index is 972. The Morgan fingerprint density at radius 1 is 1.18 bits per heavy atom. The summed E-state index contributed by atoms with van der Waals surface area (Å²) in [5.74, 6) is -1.60. The Kier molecular flexibility index (Phi) is 5.74. The summed E-state index contributed by atoms with van der Waals surface area (Å²) in [5, 5.41) is 9.01. The molecule has 1 heterocycles. The van der Waals surface area contributed by atoms with Crippen LogP contribution < -0.4 is 16.0 Å². The fourth-order valence-corrected chi connectivity index (χ4v) is 3.54. The Morgan fingerprint density at radius 3 is 2.57 bits per heavy atom. The molecule has 0 spiro atoms. The highest BCUT2D eigenvalue weighted by molar-refractivity contribution is 7.80. The molecule has 28 heavy (non-hydrogen) atoms. The largest absolute Gasteiger partial charge is 0.351 e. The minimum absolute atomic E-state index is 0.145. The summed E-state index contributed by atoms with van der Waals surface area (Å²) < 4.78 is 27.8. The van der Waals surface area contributed by atoms with Crippen molar-refractivity contribution in [1.29, 1.82) is 0 Å². The lowest BCUT2D eigenvalue weighted by molar-refractivity contribution is -0.113. The van der Waals surface area contributed by atoms with Crippen molar-refractivity contribution in [2.45, 2.75) is 32.7 Å². The number of hydrogen-bond donors (Lipinski definition) is 3. The molecule has 3 N–H and O–H groups in total. The zero-order valence-electron chi connectivity index (χ0n) is 15.8. The van der Waals surface area contributed by atoms with Crippen molar-refractivity contribution >= 4 is 28.9 Å². The predicted molar refractivity (Wildman–Crippen MR) is 110 cm³/mol. The van der Waals surface area contributed by atoms with Crippen molar-refractivity contribution in [1.82, 2.24) is 10.6 Å². The van der Waals surface area contributed by atoms with Crippen LogP contribution in [0.4, 0.5) is 14.5 Å². The Morgan fingerprint density at radius 2 is 1.89 bits per heavy atom. The van der Waals surface area contributed by atoms with Gasteiger partial charge in [-0.1, -0.05) is 38.1 Å². The maximum Gasteiger partial charge on any atom is 0.255 e. The van der Waals surface area contributed by atoms with Gasteiger partial charge in [0, 0.05) is 23.0 Å². The highest BCUT2D eigenvalue weighted by Gasteiger charge is 2.32. The summed E-state index contributed by atoms with van der Waals surface area (Å²) in [6.45, 7) is 5.77. The second-order valence-electron chi connectivity index (χ2n) is 6.93. The molecule has 0 fully saturated rings. The van der Waals surface area contributed by atoms with Gasteiger partial charge in [-0.05, 0) is 42.8 Å². The van der Waals surface area contributed by atoms with E-state index < -0.39 is 17.7 Å². The molecule has 1 amide bonds. The van der Waals surface area contributed by atoms with Crippen molar-refractivity contribution in [3.8, 4) is 0 Å². The molecule has 0 saturated heterocycles. The van der Waals surface area contributed by atoms with Crippen molar-refractivity contribution in [2.24, 2.45) is 0 Å². The van der Waals surface area contributed by atoms with Crippen LogP contribution in [-0.4, -0.2) is 11.0 Å². The van der Waals surface area contributed by atoms with E-state index in [-0.39, 0.29) is 28.1 Å². The van der Waals surface area contributed by atoms with Gasteiger partial charge in [0.2, 0.25) is 0 Å². The molecular weight excluding hydrogens is 380 g/mol. The van der Waals surface area contributed by atoms with Gasteiger partial charge in [0.25, 0.3) is 5.91 Å². The fraction of sp³-hybridized carbons (Fsp3) is 0.238. The van der Waals surface area contributed by atoms with E-state index in [9.17, 15) is 13.6 Å². The zero-order chi connectivity index (χ0) is 20.4. The zero-order valence-corrected chi connectivity index (χ0v) is 16.6. The molecule has 7 heteroatoms. The van der Waals surface area contributed by atoms with Crippen LogP contribution >= 0.6 is 12.2 Å². The topological polar surface area (TPSA) is 53.2 Å². The third-order valence-electron chi connectivity index (χ3n) is 4.62. The summed E-state index contributed by atoms with van der Waals surface area (Å²) in [6.07, 6.45) is 0. The average Bonchev–Trinajstić information content (AvgIpc) is 2.61. The van der Waals surface area contributed by atoms with Crippen LogP contribution in [0.25, 0.3) is 0 Å². The van der Waals surface area contributed by atoms with E-state index in [4.69, 9.17) is 12.2 Å². The van der Waals surface area contributed by atoms with Gasteiger partial charge in [-0.15, -0.1) is 0 Å². The number of carbonyl (C=O) groups excluding carboxylic acids is 1. The van der Waals surface area contributed by atoms with Crippen molar-refractivity contribution < 1.29 is 13.6 Å². The highest BCUT2D eigenvalue weighted by atomic mass is 32.1. The third kappa shape index (κ3) is 4.04. The number of carbonyl (C=O) groups is 1. The molecule has 0 saturated carbocycles. The number of amides is 1. The molecule has 0 unspecified atom stereocenters. The molecule has 2 aromatic rings. The van der Waals surface area contributed by atoms with Crippen LogP contribution in [0, 0.1) is 11.6 Å². The van der Waals surface area contributed by atoms with E-state index in [1.807, 2.05) is 38.1 Å². The van der Waals surface area contributed by atoms with Crippen LogP contribution in [0.5, 0.6) is 0 Å². The van der Waals surface area contributed by atoms with Gasteiger partial charge < -0.3 is 16.0 Å². The molecule has 2 aromatic carbocycles. The second kappa shape index (κ2) is 8.06. The number of nitrogens with one attached hydrogen (secondary N) is 3. The number of rotatable bonds is 4. The van der Waals surface area contributed by atoms with E-state index in [0.717, 1.165) is 17.7 Å². The summed E-state index contributed by atoms with van der Waals surface area (Å²) >= 11 is 5.17. The molecule has 0 aromatic heterocycles. The summed E-state index contributed by atoms with van der Waals surface area (Å²) in [5.41, 5.74) is 2.63. The van der Waals surface area contributed by atoms with E-state index >= 15 is 0 Å². The quantitative estimate of drug-likeness (QED) is 0.660.